The van der Waals surface area contributed by atoms with Crippen molar-refractivity contribution in [2.45, 2.75) is 6.04 Å². The van der Waals surface area contributed by atoms with Crippen molar-refractivity contribution in [2.75, 3.05) is 26.4 Å². The molecule has 1 aliphatic heterocycles. The van der Waals surface area contributed by atoms with Crippen molar-refractivity contribution < 1.29 is 24.5 Å². The molecule has 0 saturated carbocycles. The smallest absolute Gasteiger partial charge is 0.290 e. The van der Waals surface area contributed by atoms with Crippen LogP contribution in [0.2, 0.25) is 0 Å². The van der Waals surface area contributed by atoms with Gasteiger partial charge < -0.3 is 19.8 Å². The molecule has 0 bridgehead atoms. The topological polar surface area (TPSA) is 87.1 Å². The number of aliphatic hydroxyl groups excluding tert-OH is 2. The summed E-state index contributed by atoms with van der Waals surface area (Å²) in [7, 11) is 0. The van der Waals surface area contributed by atoms with Gasteiger partial charge in [-0.05, 0) is 17.0 Å². The Hall–Kier alpha value is -2.48. The highest BCUT2D eigenvalue weighted by molar-refractivity contribution is 7.12. The minimum absolute atomic E-state index is 0.0887. The third kappa shape index (κ3) is 3.55. The summed E-state index contributed by atoms with van der Waals surface area (Å²) in [5, 5.41) is 21.0. The Morgan fingerprint density at radius 2 is 1.92 bits per heavy atom. The van der Waals surface area contributed by atoms with Gasteiger partial charge in [0.1, 0.15) is 0 Å². The largest absolute Gasteiger partial charge is 0.503 e. The molecule has 1 aromatic carbocycles. The van der Waals surface area contributed by atoms with Gasteiger partial charge in [0.05, 0.1) is 36.3 Å². The second kappa shape index (κ2) is 8.27. The molecule has 26 heavy (non-hydrogen) atoms. The highest BCUT2D eigenvalue weighted by Gasteiger charge is 2.43. The van der Waals surface area contributed by atoms with Crippen LogP contribution in [0.4, 0.5) is 0 Å². The Bertz CT molecular complexity index is 801. The van der Waals surface area contributed by atoms with E-state index >= 15 is 0 Å². The number of thiophene rings is 1. The van der Waals surface area contributed by atoms with Crippen molar-refractivity contribution >= 4 is 23.0 Å². The van der Waals surface area contributed by atoms with Crippen LogP contribution in [0.1, 0.15) is 21.3 Å². The van der Waals surface area contributed by atoms with Gasteiger partial charge in [0, 0.05) is 6.54 Å². The summed E-state index contributed by atoms with van der Waals surface area (Å²) < 4.78 is 5.25. The normalized spacial score (nSPS) is 17.2. The van der Waals surface area contributed by atoms with Gasteiger partial charge in [-0.25, -0.2) is 0 Å². The van der Waals surface area contributed by atoms with Crippen molar-refractivity contribution in [3.63, 3.8) is 0 Å². The lowest BCUT2D eigenvalue weighted by Crippen LogP contribution is -2.34. The molecule has 1 amide bonds. The first-order valence-electron chi connectivity index (χ1n) is 8.21. The predicted molar refractivity (Wildman–Crippen MR) is 97.1 cm³/mol. The molecule has 0 radical (unpaired) electrons. The average Bonchev–Trinajstić information content (AvgIpc) is 3.28. The van der Waals surface area contributed by atoms with E-state index in [1.807, 2.05) is 30.3 Å². The van der Waals surface area contributed by atoms with Crippen molar-refractivity contribution in [2.24, 2.45) is 0 Å². The first-order valence-corrected chi connectivity index (χ1v) is 9.09. The van der Waals surface area contributed by atoms with Crippen molar-refractivity contribution in [3.8, 4) is 0 Å². The summed E-state index contributed by atoms with van der Waals surface area (Å²) in [5.74, 6) is -1.45. The van der Waals surface area contributed by atoms with Crippen LogP contribution in [0.25, 0.3) is 0 Å². The van der Waals surface area contributed by atoms with Gasteiger partial charge in [-0.2, -0.15) is 0 Å². The summed E-state index contributed by atoms with van der Waals surface area (Å²) >= 11 is 1.27. The molecule has 1 atom stereocenters. The molecule has 1 unspecified atom stereocenters. The SMILES string of the molecule is O=C(C1=C(O)C(=O)N(CCOCCO)C1c1ccccc1)c1cccs1. The van der Waals surface area contributed by atoms with Gasteiger partial charge in [0.25, 0.3) is 5.91 Å². The van der Waals surface area contributed by atoms with E-state index < -0.39 is 17.7 Å². The number of rotatable bonds is 8. The Balaban J connectivity index is 1.95. The Labute approximate surface area is 155 Å². The van der Waals surface area contributed by atoms with Crippen LogP contribution >= 0.6 is 11.3 Å². The summed E-state index contributed by atoms with van der Waals surface area (Å²) in [6.45, 7) is 0.452. The standard InChI is InChI=1S/C19H19NO5S/c21-9-11-25-10-8-20-16(13-5-2-1-3-6-13)15(18(23)19(20)24)17(22)14-7-4-12-26-14/h1-7,12,16,21,23H,8-11H2. The molecule has 2 aromatic rings. The number of amides is 1. The van der Waals surface area contributed by atoms with E-state index in [9.17, 15) is 14.7 Å². The average molecular weight is 373 g/mol. The molecule has 0 fully saturated rings. The fourth-order valence-corrected chi connectivity index (χ4v) is 3.65. The van der Waals surface area contributed by atoms with Crippen molar-refractivity contribution in [1.82, 2.24) is 4.90 Å². The van der Waals surface area contributed by atoms with E-state index in [2.05, 4.69) is 0 Å². The van der Waals surface area contributed by atoms with Gasteiger partial charge in [-0.3, -0.25) is 9.59 Å². The van der Waals surface area contributed by atoms with Crippen LogP contribution in [0, 0.1) is 0 Å². The van der Waals surface area contributed by atoms with Crippen LogP contribution < -0.4 is 0 Å². The molecule has 1 aliphatic rings. The molecule has 0 saturated heterocycles. The highest BCUT2D eigenvalue weighted by atomic mass is 32.1. The molecule has 0 spiro atoms. The lowest BCUT2D eigenvalue weighted by atomic mass is 9.95. The molecular weight excluding hydrogens is 354 g/mol. The van der Waals surface area contributed by atoms with E-state index in [-0.39, 0.29) is 37.7 Å². The number of hydrogen-bond donors (Lipinski definition) is 2. The second-order valence-corrected chi connectivity index (χ2v) is 6.66. The minimum atomic E-state index is -0.670. The molecular formula is C19H19NO5S. The van der Waals surface area contributed by atoms with Gasteiger partial charge >= 0.3 is 0 Å². The number of carbonyl (C=O) groups is 2. The number of benzene rings is 1. The number of hydrogen-bond acceptors (Lipinski definition) is 6. The summed E-state index contributed by atoms with van der Waals surface area (Å²) in [6.07, 6.45) is 0. The van der Waals surface area contributed by atoms with Crippen LogP contribution in [0.15, 0.2) is 59.2 Å². The maximum atomic E-state index is 12.9. The number of ketones is 1. The van der Waals surface area contributed by atoms with E-state index in [1.54, 1.807) is 17.5 Å². The van der Waals surface area contributed by atoms with Gasteiger partial charge in [-0.15, -0.1) is 11.3 Å². The van der Waals surface area contributed by atoms with E-state index in [0.29, 0.717) is 4.88 Å². The molecule has 7 heteroatoms. The van der Waals surface area contributed by atoms with E-state index in [0.717, 1.165) is 5.56 Å². The maximum absolute atomic E-state index is 12.9. The molecule has 3 rings (SSSR count). The van der Waals surface area contributed by atoms with Crippen molar-refractivity contribution in [1.29, 1.82) is 0 Å². The third-order valence-electron chi connectivity index (χ3n) is 4.12. The Morgan fingerprint density at radius 1 is 1.15 bits per heavy atom. The molecule has 1 aromatic heterocycles. The zero-order valence-corrected chi connectivity index (χ0v) is 14.8. The molecule has 2 heterocycles. The lowest BCUT2D eigenvalue weighted by Gasteiger charge is -2.26. The van der Waals surface area contributed by atoms with Gasteiger partial charge in [0.15, 0.2) is 5.76 Å². The number of ether oxygens (including phenoxy) is 1. The zero-order chi connectivity index (χ0) is 18.5. The predicted octanol–water partition coefficient (Wildman–Crippen LogP) is 2.34. The third-order valence-corrected chi connectivity index (χ3v) is 4.99. The number of carbonyl (C=O) groups excluding carboxylic acids is 2. The molecule has 6 nitrogen and oxygen atoms in total. The van der Waals surface area contributed by atoms with E-state index in [1.165, 1.54) is 16.2 Å². The minimum Gasteiger partial charge on any atom is -0.503 e. The second-order valence-electron chi connectivity index (χ2n) is 5.72. The maximum Gasteiger partial charge on any atom is 0.290 e. The van der Waals surface area contributed by atoms with Crippen LogP contribution in [0.3, 0.4) is 0 Å². The summed E-state index contributed by atoms with van der Waals surface area (Å²) in [4.78, 5) is 27.4. The van der Waals surface area contributed by atoms with E-state index in [4.69, 9.17) is 9.84 Å². The molecule has 136 valence electrons. The summed E-state index contributed by atoms with van der Waals surface area (Å²) in [5.41, 5.74) is 0.831. The monoisotopic (exact) mass is 373 g/mol. The molecule has 2 N–H and O–H groups in total. The highest BCUT2D eigenvalue weighted by Crippen LogP contribution is 2.39. The molecule has 0 aliphatic carbocycles. The first kappa shape index (κ1) is 18.3. The number of nitrogens with zero attached hydrogens (tertiary/aromatic N) is 1. The van der Waals surface area contributed by atoms with Gasteiger partial charge in [0.2, 0.25) is 5.78 Å². The fourth-order valence-electron chi connectivity index (χ4n) is 2.97. The van der Waals surface area contributed by atoms with Crippen LogP contribution in [-0.2, 0) is 9.53 Å². The Kier molecular flexibility index (Phi) is 5.82. The van der Waals surface area contributed by atoms with Crippen molar-refractivity contribution in [3.05, 3.63) is 69.6 Å². The Morgan fingerprint density at radius 3 is 2.58 bits per heavy atom. The number of aliphatic hydroxyl groups is 2. The van der Waals surface area contributed by atoms with Crippen LogP contribution in [-0.4, -0.2) is 53.2 Å². The quantitative estimate of drug-likeness (QED) is 0.548. The summed E-state index contributed by atoms with van der Waals surface area (Å²) in [6, 6.07) is 11.9. The zero-order valence-electron chi connectivity index (χ0n) is 14.0. The fraction of sp³-hybridized carbons (Fsp3) is 0.263. The number of Topliss-reactive ketones (excluding diaryl/α,β-unsaturated/α-hetero) is 1. The van der Waals surface area contributed by atoms with Gasteiger partial charge in [-0.1, -0.05) is 36.4 Å². The van der Waals surface area contributed by atoms with Crippen LogP contribution in [0.5, 0.6) is 0 Å². The first-order chi connectivity index (χ1) is 12.6. The lowest BCUT2D eigenvalue weighted by molar-refractivity contribution is -0.130.